The Balaban J connectivity index is 2.03. The molecule has 0 saturated carbocycles. The van der Waals surface area contributed by atoms with Crippen LogP contribution < -0.4 is 11.3 Å². The lowest BCUT2D eigenvalue weighted by Crippen LogP contribution is -2.20. The second-order valence-corrected chi connectivity index (χ2v) is 5.08. The molecule has 0 unspecified atom stereocenters. The first kappa shape index (κ1) is 11.9. The van der Waals surface area contributed by atoms with Crippen LogP contribution in [-0.2, 0) is 6.54 Å². The van der Waals surface area contributed by atoms with Crippen molar-refractivity contribution in [2.75, 3.05) is 5.73 Å². The van der Waals surface area contributed by atoms with Crippen molar-refractivity contribution in [3.05, 3.63) is 57.7 Å². The molecule has 2 aromatic heterocycles. The topological polar surface area (TPSA) is 60.9 Å². The van der Waals surface area contributed by atoms with Crippen LogP contribution in [0, 0.1) is 5.82 Å². The standard InChI is InChI=1S/C13H10FN3OS/c14-9-5-8(1-2-10(9)15)6-17-7-16-11-3-4-19-12(11)13(17)18/h1-5,7H,6,15H2. The Morgan fingerprint density at radius 3 is 3.00 bits per heavy atom. The van der Waals surface area contributed by atoms with Crippen LogP contribution in [0.2, 0.25) is 0 Å². The second-order valence-electron chi connectivity index (χ2n) is 4.17. The third kappa shape index (κ3) is 2.10. The van der Waals surface area contributed by atoms with Crippen LogP contribution in [-0.4, -0.2) is 9.55 Å². The fraction of sp³-hybridized carbons (Fsp3) is 0.0769. The molecule has 1 aromatic carbocycles. The van der Waals surface area contributed by atoms with Gasteiger partial charge in [0.25, 0.3) is 5.56 Å². The highest BCUT2D eigenvalue weighted by Crippen LogP contribution is 2.15. The number of nitrogens with two attached hydrogens (primary N) is 1. The molecule has 0 fully saturated rings. The van der Waals surface area contributed by atoms with Gasteiger partial charge in [-0.25, -0.2) is 9.37 Å². The molecule has 0 aliphatic heterocycles. The Morgan fingerprint density at radius 2 is 2.21 bits per heavy atom. The van der Waals surface area contributed by atoms with Crippen molar-refractivity contribution in [2.24, 2.45) is 0 Å². The van der Waals surface area contributed by atoms with Crippen molar-refractivity contribution in [3.8, 4) is 0 Å². The zero-order valence-corrected chi connectivity index (χ0v) is 10.7. The first-order valence-corrected chi connectivity index (χ1v) is 6.49. The summed E-state index contributed by atoms with van der Waals surface area (Å²) in [5.74, 6) is -0.476. The van der Waals surface area contributed by atoms with E-state index in [9.17, 15) is 9.18 Å². The predicted molar refractivity (Wildman–Crippen MR) is 73.8 cm³/mol. The van der Waals surface area contributed by atoms with Crippen molar-refractivity contribution in [3.63, 3.8) is 0 Å². The molecule has 3 aromatic rings. The summed E-state index contributed by atoms with van der Waals surface area (Å²) in [4.78, 5) is 16.4. The van der Waals surface area contributed by atoms with Crippen molar-refractivity contribution in [1.29, 1.82) is 0 Å². The second kappa shape index (κ2) is 4.47. The van der Waals surface area contributed by atoms with Crippen LogP contribution in [0.4, 0.5) is 10.1 Å². The molecule has 3 rings (SSSR count). The van der Waals surface area contributed by atoms with E-state index < -0.39 is 5.82 Å². The summed E-state index contributed by atoms with van der Waals surface area (Å²) in [5.41, 5.74) is 6.77. The minimum atomic E-state index is -0.476. The molecular weight excluding hydrogens is 265 g/mol. The maximum Gasteiger partial charge on any atom is 0.271 e. The number of aromatic nitrogens is 2. The summed E-state index contributed by atoms with van der Waals surface area (Å²) >= 11 is 1.35. The normalized spacial score (nSPS) is 11.0. The van der Waals surface area contributed by atoms with Gasteiger partial charge in [-0.15, -0.1) is 11.3 Å². The number of benzene rings is 1. The quantitative estimate of drug-likeness (QED) is 0.729. The third-order valence-electron chi connectivity index (χ3n) is 2.85. The highest BCUT2D eigenvalue weighted by Gasteiger charge is 2.07. The summed E-state index contributed by atoms with van der Waals surface area (Å²) < 4.78 is 15.4. The molecule has 19 heavy (non-hydrogen) atoms. The van der Waals surface area contributed by atoms with Crippen molar-refractivity contribution in [2.45, 2.75) is 6.54 Å². The Bertz CT molecular complexity index is 809. The van der Waals surface area contributed by atoms with Gasteiger partial charge in [0.2, 0.25) is 0 Å². The predicted octanol–water partition coefficient (Wildman–Crippen LogP) is 2.23. The van der Waals surface area contributed by atoms with Gasteiger partial charge in [-0.1, -0.05) is 6.07 Å². The van der Waals surface area contributed by atoms with E-state index in [1.54, 1.807) is 12.1 Å². The number of thiophene rings is 1. The molecule has 0 radical (unpaired) electrons. The summed E-state index contributed by atoms with van der Waals surface area (Å²) in [5, 5.41) is 1.83. The number of rotatable bonds is 2. The average Bonchev–Trinajstić information content (AvgIpc) is 2.86. The number of anilines is 1. The maximum absolute atomic E-state index is 13.4. The van der Waals surface area contributed by atoms with Gasteiger partial charge in [-0.3, -0.25) is 9.36 Å². The Labute approximate surface area is 111 Å². The van der Waals surface area contributed by atoms with Crippen LogP contribution >= 0.6 is 11.3 Å². The van der Waals surface area contributed by atoms with Gasteiger partial charge in [0.05, 0.1) is 24.1 Å². The van der Waals surface area contributed by atoms with E-state index in [1.807, 2.05) is 5.38 Å². The van der Waals surface area contributed by atoms with E-state index in [4.69, 9.17) is 5.73 Å². The van der Waals surface area contributed by atoms with E-state index in [2.05, 4.69) is 4.98 Å². The van der Waals surface area contributed by atoms with Crippen LogP contribution in [0.25, 0.3) is 10.2 Å². The molecule has 0 atom stereocenters. The minimum Gasteiger partial charge on any atom is -0.396 e. The molecule has 6 heteroatoms. The molecule has 0 saturated heterocycles. The van der Waals surface area contributed by atoms with Crippen molar-refractivity contribution in [1.82, 2.24) is 9.55 Å². The first-order valence-electron chi connectivity index (χ1n) is 5.62. The van der Waals surface area contributed by atoms with Crippen LogP contribution in [0.1, 0.15) is 5.56 Å². The van der Waals surface area contributed by atoms with Gasteiger partial charge in [-0.2, -0.15) is 0 Å². The van der Waals surface area contributed by atoms with Gasteiger partial charge in [0, 0.05) is 0 Å². The zero-order chi connectivity index (χ0) is 13.4. The lowest BCUT2D eigenvalue weighted by molar-refractivity contribution is 0.627. The molecule has 96 valence electrons. The van der Waals surface area contributed by atoms with Gasteiger partial charge in [0.15, 0.2) is 0 Å². The number of hydrogen-bond acceptors (Lipinski definition) is 4. The zero-order valence-electron chi connectivity index (χ0n) is 9.84. The Hall–Kier alpha value is -2.21. The summed E-state index contributed by atoms with van der Waals surface area (Å²) in [7, 11) is 0. The van der Waals surface area contributed by atoms with E-state index in [0.29, 0.717) is 15.8 Å². The number of hydrogen-bond donors (Lipinski definition) is 1. The average molecular weight is 275 g/mol. The number of nitrogens with zero attached hydrogens (tertiary/aromatic N) is 2. The number of halogens is 1. The van der Waals surface area contributed by atoms with Crippen LogP contribution in [0.5, 0.6) is 0 Å². The molecule has 0 amide bonds. The molecule has 4 nitrogen and oxygen atoms in total. The van der Waals surface area contributed by atoms with Crippen LogP contribution in [0.15, 0.2) is 40.8 Å². The highest BCUT2D eigenvalue weighted by molar-refractivity contribution is 7.17. The van der Waals surface area contributed by atoms with E-state index in [0.717, 1.165) is 0 Å². The van der Waals surface area contributed by atoms with Gasteiger partial charge in [-0.05, 0) is 29.1 Å². The van der Waals surface area contributed by atoms with Gasteiger partial charge >= 0.3 is 0 Å². The Morgan fingerprint density at radius 1 is 1.37 bits per heavy atom. The van der Waals surface area contributed by atoms with Crippen molar-refractivity contribution >= 4 is 27.2 Å². The first-order chi connectivity index (χ1) is 9.15. The maximum atomic E-state index is 13.4. The molecule has 2 N–H and O–H groups in total. The van der Waals surface area contributed by atoms with E-state index in [1.165, 1.54) is 34.4 Å². The minimum absolute atomic E-state index is 0.0999. The largest absolute Gasteiger partial charge is 0.396 e. The SMILES string of the molecule is Nc1ccc(Cn2cnc3ccsc3c2=O)cc1F. The lowest BCUT2D eigenvalue weighted by Gasteiger charge is -2.06. The molecule has 0 aliphatic rings. The molecule has 2 heterocycles. The molecule has 0 bridgehead atoms. The number of nitrogen functional groups attached to an aromatic ring is 1. The van der Waals surface area contributed by atoms with Gasteiger partial charge in [0.1, 0.15) is 10.5 Å². The molecule has 0 aliphatic carbocycles. The summed E-state index contributed by atoms with van der Waals surface area (Å²) in [6.45, 7) is 0.275. The van der Waals surface area contributed by atoms with E-state index >= 15 is 0 Å². The Kier molecular flexibility index (Phi) is 2.79. The van der Waals surface area contributed by atoms with Crippen molar-refractivity contribution < 1.29 is 4.39 Å². The molecular formula is C13H10FN3OS. The monoisotopic (exact) mass is 275 g/mol. The third-order valence-corrected chi connectivity index (χ3v) is 3.75. The molecule has 0 spiro atoms. The fourth-order valence-corrected chi connectivity index (χ4v) is 2.65. The fourth-order valence-electron chi connectivity index (χ4n) is 1.86. The highest BCUT2D eigenvalue weighted by atomic mass is 32.1. The lowest BCUT2D eigenvalue weighted by atomic mass is 10.2. The summed E-state index contributed by atoms with van der Waals surface area (Å²) in [6.07, 6.45) is 1.48. The summed E-state index contributed by atoms with van der Waals surface area (Å²) in [6, 6.07) is 6.32. The van der Waals surface area contributed by atoms with Gasteiger partial charge < -0.3 is 5.73 Å². The smallest absolute Gasteiger partial charge is 0.271 e. The van der Waals surface area contributed by atoms with Crippen LogP contribution in [0.3, 0.4) is 0 Å². The number of fused-ring (bicyclic) bond motifs is 1. The van der Waals surface area contributed by atoms with E-state index in [-0.39, 0.29) is 17.8 Å².